The van der Waals surface area contributed by atoms with Crippen LogP contribution >= 0.6 is 43.5 Å². The summed E-state index contributed by atoms with van der Waals surface area (Å²) >= 11 is 13.1. The van der Waals surface area contributed by atoms with Crippen molar-refractivity contribution in [2.24, 2.45) is 11.3 Å². The maximum absolute atomic E-state index is 13.6. The predicted molar refractivity (Wildman–Crippen MR) is 87.1 cm³/mol. The molecule has 1 aromatic rings. The summed E-state index contributed by atoms with van der Waals surface area (Å²) in [4.78, 5) is 0. The fourth-order valence-electron chi connectivity index (χ4n) is 3.09. The lowest BCUT2D eigenvalue weighted by atomic mass is 9.73. The Morgan fingerprint density at radius 1 is 1.21 bits per heavy atom. The summed E-state index contributed by atoms with van der Waals surface area (Å²) in [7, 11) is 0. The minimum Gasteiger partial charge on any atom is -0.205 e. The third-order valence-electron chi connectivity index (χ3n) is 4.29. The molecule has 0 aliphatic heterocycles. The SMILES string of the molecule is Fc1cc(CC(CBr)(CBr)C2CCCC2)ccc1Cl. The Labute approximate surface area is 136 Å². The number of rotatable bonds is 5. The van der Waals surface area contributed by atoms with E-state index < -0.39 is 0 Å². The third-order valence-corrected chi connectivity index (χ3v) is 6.83. The van der Waals surface area contributed by atoms with E-state index in [1.807, 2.05) is 6.07 Å². The molecule has 0 radical (unpaired) electrons. The summed E-state index contributed by atoms with van der Waals surface area (Å²) in [6, 6.07) is 5.19. The highest BCUT2D eigenvalue weighted by molar-refractivity contribution is 9.09. The molecule has 0 atom stereocenters. The molecule has 4 heteroatoms. The van der Waals surface area contributed by atoms with E-state index in [0.717, 1.165) is 22.6 Å². The standard InChI is InChI=1S/C15H18Br2ClF/c16-9-15(10-17,12-3-1-2-4-12)8-11-5-6-13(18)14(19)7-11/h5-7,12H,1-4,8-10H2. The van der Waals surface area contributed by atoms with Crippen molar-refractivity contribution in [3.05, 3.63) is 34.6 Å². The van der Waals surface area contributed by atoms with Gasteiger partial charge in [0.1, 0.15) is 5.82 Å². The van der Waals surface area contributed by atoms with Crippen molar-refractivity contribution in [2.75, 3.05) is 10.7 Å². The lowest BCUT2D eigenvalue weighted by Gasteiger charge is -2.36. The van der Waals surface area contributed by atoms with Gasteiger partial charge in [0.15, 0.2) is 0 Å². The molecule has 106 valence electrons. The summed E-state index contributed by atoms with van der Waals surface area (Å²) in [6.07, 6.45) is 6.10. The highest BCUT2D eigenvalue weighted by atomic mass is 79.9. The van der Waals surface area contributed by atoms with Gasteiger partial charge in [0, 0.05) is 10.7 Å². The van der Waals surface area contributed by atoms with Crippen molar-refractivity contribution >= 4 is 43.5 Å². The molecule has 1 aliphatic carbocycles. The normalized spacial score (nSPS) is 17.1. The molecule has 0 saturated heterocycles. The number of alkyl halides is 2. The number of halogens is 4. The van der Waals surface area contributed by atoms with Crippen LogP contribution in [0.4, 0.5) is 4.39 Å². The average molecular weight is 413 g/mol. The van der Waals surface area contributed by atoms with Gasteiger partial charge in [-0.2, -0.15) is 0 Å². The Morgan fingerprint density at radius 2 is 1.84 bits per heavy atom. The summed E-state index contributed by atoms with van der Waals surface area (Å²) in [5.74, 6) is 0.397. The molecule has 2 rings (SSSR count). The van der Waals surface area contributed by atoms with E-state index in [0.29, 0.717) is 5.92 Å². The molecule has 0 unspecified atom stereocenters. The van der Waals surface area contributed by atoms with E-state index in [4.69, 9.17) is 11.6 Å². The number of benzene rings is 1. The van der Waals surface area contributed by atoms with E-state index in [1.165, 1.54) is 25.7 Å². The van der Waals surface area contributed by atoms with Gasteiger partial charge in [-0.3, -0.25) is 0 Å². The first kappa shape index (κ1) is 15.8. The molecule has 0 bridgehead atoms. The minimum atomic E-state index is -0.316. The molecule has 0 aromatic heterocycles. The fourth-order valence-corrected chi connectivity index (χ4v) is 5.45. The first-order chi connectivity index (χ1) is 9.11. The van der Waals surface area contributed by atoms with Crippen molar-refractivity contribution in [3.63, 3.8) is 0 Å². The lowest BCUT2D eigenvalue weighted by molar-refractivity contribution is 0.233. The summed E-state index contributed by atoms with van der Waals surface area (Å²) in [5, 5.41) is 2.09. The molecule has 0 heterocycles. The second kappa shape index (κ2) is 6.91. The molecule has 0 nitrogen and oxygen atoms in total. The van der Waals surface area contributed by atoms with E-state index >= 15 is 0 Å². The van der Waals surface area contributed by atoms with Crippen LogP contribution in [0.3, 0.4) is 0 Å². The van der Waals surface area contributed by atoms with Crippen molar-refractivity contribution in [1.29, 1.82) is 0 Å². The van der Waals surface area contributed by atoms with Gasteiger partial charge in [-0.05, 0) is 48.3 Å². The average Bonchev–Trinajstić information content (AvgIpc) is 2.95. The van der Waals surface area contributed by atoms with E-state index in [1.54, 1.807) is 12.1 Å². The molecule has 1 fully saturated rings. The van der Waals surface area contributed by atoms with Crippen LogP contribution in [-0.2, 0) is 6.42 Å². The highest BCUT2D eigenvalue weighted by Gasteiger charge is 2.38. The second-order valence-electron chi connectivity index (χ2n) is 5.54. The van der Waals surface area contributed by atoms with Crippen LogP contribution in [-0.4, -0.2) is 10.7 Å². The molecule has 0 spiro atoms. The van der Waals surface area contributed by atoms with Crippen LogP contribution in [0, 0.1) is 17.2 Å². The van der Waals surface area contributed by atoms with Crippen LogP contribution in [0.5, 0.6) is 0 Å². The van der Waals surface area contributed by atoms with Gasteiger partial charge in [0.05, 0.1) is 5.02 Å². The first-order valence-corrected chi connectivity index (χ1v) is 9.29. The Balaban J connectivity index is 2.21. The highest BCUT2D eigenvalue weighted by Crippen LogP contribution is 2.44. The van der Waals surface area contributed by atoms with Crippen LogP contribution < -0.4 is 0 Å². The van der Waals surface area contributed by atoms with Crippen LogP contribution in [0.2, 0.25) is 5.02 Å². The smallest absolute Gasteiger partial charge is 0.142 e. The van der Waals surface area contributed by atoms with Crippen molar-refractivity contribution < 1.29 is 4.39 Å². The quantitative estimate of drug-likeness (QED) is 0.521. The van der Waals surface area contributed by atoms with Crippen molar-refractivity contribution in [3.8, 4) is 0 Å². The minimum absolute atomic E-state index is 0.177. The Bertz CT molecular complexity index is 426. The molecular formula is C15H18Br2ClF. The van der Waals surface area contributed by atoms with Crippen molar-refractivity contribution in [2.45, 2.75) is 32.1 Å². The molecule has 1 aliphatic rings. The van der Waals surface area contributed by atoms with Gasteiger partial charge >= 0.3 is 0 Å². The van der Waals surface area contributed by atoms with Gasteiger partial charge < -0.3 is 0 Å². The first-order valence-electron chi connectivity index (χ1n) is 6.67. The number of hydrogen-bond acceptors (Lipinski definition) is 0. The Kier molecular flexibility index (Phi) is 5.74. The zero-order valence-corrected chi connectivity index (χ0v) is 14.7. The summed E-state index contributed by atoms with van der Waals surface area (Å²) in [6.45, 7) is 0. The van der Waals surface area contributed by atoms with E-state index in [2.05, 4.69) is 31.9 Å². The largest absolute Gasteiger partial charge is 0.205 e. The van der Waals surface area contributed by atoms with Crippen LogP contribution in [0.15, 0.2) is 18.2 Å². The topological polar surface area (TPSA) is 0 Å². The summed E-state index contributed by atoms with van der Waals surface area (Å²) in [5.41, 5.74) is 1.21. The molecular weight excluding hydrogens is 394 g/mol. The van der Waals surface area contributed by atoms with Gasteiger partial charge in [-0.15, -0.1) is 0 Å². The zero-order chi connectivity index (χ0) is 13.9. The van der Waals surface area contributed by atoms with Crippen molar-refractivity contribution in [1.82, 2.24) is 0 Å². The maximum atomic E-state index is 13.6. The molecule has 0 amide bonds. The number of hydrogen-bond donors (Lipinski definition) is 0. The summed E-state index contributed by atoms with van der Waals surface area (Å²) < 4.78 is 13.6. The monoisotopic (exact) mass is 410 g/mol. The van der Waals surface area contributed by atoms with Crippen LogP contribution in [0.25, 0.3) is 0 Å². The molecule has 1 aromatic carbocycles. The predicted octanol–water partition coefficient (Wildman–Crippen LogP) is 5.99. The van der Waals surface area contributed by atoms with Gasteiger partial charge in [-0.1, -0.05) is 62.4 Å². The Morgan fingerprint density at radius 3 is 2.37 bits per heavy atom. The maximum Gasteiger partial charge on any atom is 0.142 e. The van der Waals surface area contributed by atoms with E-state index in [-0.39, 0.29) is 16.3 Å². The molecule has 1 saturated carbocycles. The Hall–Kier alpha value is 0.400. The van der Waals surface area contributed by atoms with Crippen LogP contribution in [0.1, 0.15) is 31.2 Å². The van der Waals surface area contributed by atoms with E-state index in [9.17, 15) is 4.39 Å². The third kappa shape index (κ3) is 3.54. The van der Waals surface area contributed by atoms with Gasteiger partial charge in [0.2, 0.25) is 0 Å². The zero-order valence-electron chi connectivity index (χ0n) is 10.8. The van der Waals surface area contributed by atoms with Gasteiger partial charge in [0.25, 0.3) is 0 Å². The second-order valence-corrected chi connectivity index (χ2v) is 7.06. The molecule has 19 heavy (non-hydrogen) atoms. The lowest BCUT2D eigenvalue weighted by Crippen LogP contribution is -2.35. The fraction of sp³-hybridized carbons (Fsp3) is 0.600. The van der Waals surface area contributed by atoms with Gasteiger partial charge in [-0.25, -0.2) is 4.39 Å². The molecule has 0 N–H and O–H groups in total.